The molecule has 0 radical (unpaired) electrons. The van der Waals surface area contributed by atoms with Gasteiger partial charge in [-0.1, -0.05) is 59.8 Å². The summed E-state index contributed by atoms with van der Waals surface area (Å²) in [5.41, 5.74) is 4.13. The number of ether oxygens (including phenoxy) is 1. The summed E-state index contributed by atoms with van der Waals surface area (Å²) >= 11 is 9.62. The fourth-order valence-corrected chi connectivity index (χ4v) is 5.54. The summed E-state index contributed by atoms with van der Waals surface area (Å²) in [5.74, 6) is 1.52. The minimum absolute atomic E-state index is 0.128. The van der Waals surface area contributed by atoms with Crippen molar-refractivity contribution in [3.63, 3.8) is 0 Å². The van der Waals surface area contributed by atoms with Gasteiger partial charge in [-0.2, -0.15) is 4.98 Å². The van der Waals surface area contributed by atoms with E-state index in [2.05, 4.69) is 35.0 Å². The standard InChI is InChI=1S/C23H17ClN4OS2/c1-30-23-26-22-25-19-15-12-14(24)9-10-16(15)29-21(13-6-3-2-4-7-13)18(19)20(28(22)27-23)17-8-5-11-31-17/h2-12,20-21H,1H3,(H,25,26,27)/t20-,21+/m0/s1. The van der Waals surface area contributed by atoms with Crippen LogP contribution in [0.3, 0.4) is 0 Å². The van der Waals surface area contributed by atoms with Crippen LogP contribution in [0.1, 0.15) is 28.1 Å². The van der Waals surface area contributed by atoms with Crippen LogP contribution in [0.2, 0.25) is 5.02 Å². The molecule has 0 amide bonds. The third-order valence-corrected chi connectivity index (χ3v) is 7.21. The molecule has 0 bridgehead atoms. The number of rotatable bonds is 3. The molecule has 0 saturated carbocycles. The molecular weight excluding hydrogens is 448 g/mol. The fraction of sp³-hybridized carbons (Fsp3) is 0.130. The number of nitrogens with one attached hydrogen (secondary N) is 1. The first-order valence-electron chi connectivity index (χ1n) is 9.79. The lowest BCUT2D eigenvalue weighted by atomic mass is 9.87. The van der Waals surface area contributed by atoms with Gasteiger partial charge in [-0.05, 0) is 41.5 Å². The monoisotopic (exact) mass is 464 g/mol. The first-order chi connectivity index (χ1) is 15.2. The van der Waals surface area contributed by atoms with Crippen LogP contribution >= 0.6 is 34.7 Å². The third-order valence-electron chi connectivity index (χ3n) is 5.51. The minimum atomic E-state index is -0.264. The number of thiophene rings is 1. The van der Waals surface area contributed by atoms with Crippen LogP contribution in [0.25, 0.3) is 5.70 Å². The number of benzene rings is 2. The summed E-state index contributed by atoms with van der Waals surface area (Å²) in [4.78, 5) is 5.90. The molecule has 0 saturated heterocycles. The highest BCUT2D eigenvalue weighted by Gasteiger charge is 2.41. The Hall–Kier alpha value is -2.74. The second kappa shape index (κ2) is 7.44. The van der Waals surface area contributed by atoms with Gasteiger partial charge in [0, 0.05) is 21.0 Å². The van der Waals surface area contributed by atoms with Crippen molar-refractivity contribution in [2.75, 3.05) is 11.6 Å². The molecule has 4 aromatic rings. The fourth-order valence-electron chi connectivity index (χ4n) is 4.19. The highest BCUT2D eigenvalue weighted by atomic mass is 35.5. The Morgan fingerprint density at radius 2 is 2.00 bits per heavy atom. The van der Waals surface area contributed by atoms with Gasteiger partial charge in [0.15, 0.2) is 0 Å². The van der Waals surface area contributed by atoms with Gasteiger partial charge < -0.3 is 10.1 Å². The van der Waals surface area contributed by atoms with E-state index in [-0.39, 0.29) is 12.1 Å². The summed E-state index contributed by atoms with van der Waals surface area (Å²) in [5, 5.41) is 11.8. The molecule has 0 spiro atoms. The van der Waals surface area contributed by atoms with E-state index in [0.717, 1.165) is 39.3 Å². The Kier molecular flexibility index (Phi) is 4.56. The Morgan fingerprint density at radius 1 is 1.13 bits per heavy atom. The molecule has 31 heavy (non-hydrogen) atoms. The first kappa shape index (κ1) is 19.0. The topological polar surface area (TPSA) is 52.0 Å². The minimum Gasteiger partial charge on any atom is -0.480 e. The zero-order valence-corrected chi connectivity index (χ0v) is 18.8. The largest absolute Gasteiger partial charge is 0.480 e. The lowest BCUT2D eigenvalue weighted by molar-refractivity contribution is 0.223. The first-order valence-corrected chi connectivity index (χ1v) is 12.3. The van der Waals surface area contributed by atoms with E-state index in [0.29, 0.717) is 5.02 Å². The number of hydrogen-bond donors (Lipinski definition) is 1. The van der Waals surface area contributed by atoms with Crippen molar-refractivity contribution in [2.24, 2.45) is 0 Å². The van der Waals surface area contributed by atoms with E-state index >= 15 is 0 Å². The predicted molar refractivity (Wildman–Crippen MR) is 126 cm³/mol. The van der Waals surface area contributed by atoms with Gasteiger partial charge in [0.25, 0.3) is 0 Å². The summed E-state index contributed by atoms with van der Waals surface area (Å²) < 4.78 is 8.58. The molecule has 0 aliphatic carbocycles. The SMILES string of the molecule is CSc1nc2n(n1)[C@@H](c1cccs1)C1=C(N2)c2cc(Cl)ccc2O[C@@H]1c1ccccc1. The number of anilines is 1. The molecule has 5 nitrogen and oxygen atoms in total. The van der Waals surface area contributed by atoms with Gasteiger partial charge in [-0.3, -0.25) is 0 Å². The van der Waals surface area contributed by atoms with E-state index in [9.17, 15) is 0 Å². The average molecular weight is 465 g/mol. The van der Waals surface area contributed by atoms with E-state index in [4.69, 9.17) is 26.4 Å². The molecule has 8 heteroatoms. The van der Waals surface area contributed by atoms with E-state index in [1.807, 2.05) is 47.3 Å². The van der Waals surface area contributed by atoms with Gasteiger partial charge >= 0.3 is 0 Å². The second-order valence-corrected chi connectivity index (χ2v) is 9.48. The lowest BCUT2D eigenvalue weighted by Gasteiger charge is -2.38. The Balaban J connectivity index is 1.64. The summed E-state index contributed by atoms with van der Waals surface area (Å²) in [6, 6.07) is 20.1. The molecule has 2 aromatic heterocycles. The van der Waals surface area contributed by atoms with Crippen molar-refractivity contribution in [3.05, 3.63) is 92.6 Å². The molecule has 4 heterocycles. The van der Waals surface area contributed by atoms with Crippen LogP contribution in [0.5, 0.6) is 5.75 Å². The van der Waals surface area contributed by atoms with Crippen molar-refractivity contribution in [1.82, 2.24) is 14.8 Å². The Morgan fingerprint density at radius 3 is 2.77 bits per heavy atom. The third kappa shape index (κ3) is 3.07. The summed E-state index contributed by atoms with van der Waals surface area (Å²) in [7, 11) is 0. The highest BCUT2D eigenvalue weighted by molar-refractivity contribution is 7.98. The molecule has 2 aliphatic rings. The zero-order valence-electron chi connectivity index (χ0n) is 16.4. The van der Waals surface area contributed by atoms with Gasteiger partial charge in [0.1, 0.15) is 17.9 Å². The number of halogens is 1. The van der Waals surface area contributed by atoms with Crippen LogP contribution in [-0.4, -0.2) is 21.0 Å². The molecule has 6 rings (SSSR count). The van der Waals surface area contributed by atoms with Crippen LogP contribution in [0.15, 0.2) is 76.8 Å². The molecule has 2 atom stereocenters. The van der Waals surface area contributed by atoms with Gasteiger partial charge in [0.05, 0.1) is 5.70 Å². The molecule has 2 aromatic carbocycles. The van der Waals surface area contributed by atoms with Gasteiger partial charge in [-0.15, -0.1) is 16.4 Å². The second-order valence-electron chi connectivity index (χ2n) is 7.29. The molecule has 0 unspecified atom stereocenters. The maximum atomic E-state index is 6.60. The summed E-state index contributed by atoms with van der Waals surface area (Å²) in [6.07, 6.45) is 1.72. The Bertz CT molecular complexity index is 1300. The summed E-state index contributed by atoms with van der Waals surface area (Å²) in [6.45, 7) is 0. The van der Waals surface area contributed by atoms with Gasteiger partial charge in [-0.25, -0.2) is 4.68 Å². The van der Waals surface area contributed by atoms with Crippen molar-refractivity contribution in [1.29, 1.82) is 0 Å². The van der Waals surface area contributed by atoms with Crippen molar-refractivity contribution < 1.29 is 4.74 Å². The number of thioether (sulfide) groups is 1. The molecule has 2 aliphatic heterocycles. The van der Waals surface area contributed by atoms with Crippen molar-refractivity contribution in [3.8, 4) is 5.75 Å². The quantitative estimate of drug-likeness (QED) is 0.362. The van der Waals surface area contributed by atoms with Gasteiger partial charge in [0.2, 0.25) is 11.1 Å². The Labute approximate surface area is 192 Å². The lowest BCUT2D eigenvalue weighted by Crippen LogP contribution is -2.32. The molecular formula is C23H17ClN4OS2. The average Bonchev–Trinajstić information content (AvgIpc) is 3.47. The van der Waals surface area contributed by atoms with E-state index in [1.54, 1.807) is 11.3 Å². The van der Waals surface area contributed by atoms with E-state index in [1.165, 1.54) is 16.6 Å². The van der Waals surface area contributed by atoms with Crippen LogP contribution in [-0.2, 0) is 0 Å². The van der Waals surface area contributed by atoms with Crippen LogP contribution < -0.4 is 10.1 Å². The number of nitrogens with zero attached hydrogens (tertiary/aromatic N) is 3. The predicted octanol–water partition coefficient (Wildman–Crippen LogP) is 6.27. The maximum absolute atomic E-state index is 6.60. The number of hydrogen-bond acceptors (Lipinski definition) is 6. The van der Waals surface area contributed by atoms with E-state index < -0.39 is 0 Å². The van der Waals surface area contributed by atoms with Crippen molar-refractivity contribution in [2.45, 2.75) is 17.3 Å². The zero-order chi connectivity index (χ0) is 20.9. The molecule has 0 fully saturated rings. The van der Waals surface area contributed by atoms with Crippen molar-refractivity contribution >= 4 is 46.3 Å². The van der Waals surface area contributed by atoms with Crippen LogP contribution in [0, 0.1) is 0 Å². The maximum Gasteiger partial charge on any atom is 0.227 e. The van der Waals surface area contributed by atoms with Crippen LogP contribution in [0.4, 0.5) is 5.95 Å². The molecule has 1 N–H and O–H groups in total. The smallest absolute Gasteiger partial charge is 0.227 e. The number of fused-ring (bicyclic) bond motifs is 3. The molecule has 154 valence electrons. The number of aromatic nitrogens is 3. The highest BCUT2D eigenvalue weighted by Crippen LogP contribution is 2.51. The normalized spacial score (nSPS) is 19.2.